The molecule has 0 aliphatic rings. The fraction of sp³-hybridized carbons (Fsp3) is 0. The first-order valence-corrected chi connectivity index (χ1v) is 9.22. The standard InChI is InChI=1S/C20H13ClFN3OS/c21-12-4-6-14(7-5-12)24-19(26)18-17(23)15-8-9-16(25-20(15)27-18)11-2-1-3-13(22)10-11/h1-10H,23H2,(H,24,26). The Balaban J connectivity index is 1.68. The Kier molecular flexibility index (Phi) is 4.51. The van der Waals surface area contributed by atoms with Crippen molar-refractivity contribution in [2.75, 3.05) is 11.1 Å². The zero-order valence-electron chi connectivity index (χ0n) is 13.9. The van der Waals surface area contributed by atoms with Crippen LogP contribution < -0.4 is 11.1 Å². The number of anilines is 2. The highest BCUT2D eigenvalue weighted by Crippen LogP contribution is 2.34. The number of amides is 1. The number of pyridine rings is 1. The van der Waals surface area contributed by atoms with Gasteiger partial charge in [-0.2, -0.15) is 0 Å². The number of aromatic nitrogens is 1. The molecule has 0 bridgehead atoms. The minimum Gasteiger partial charge on any atom is -0.397 e. The smallest absolute Gasteiger partial charge is 0.267 e. The van der Waals surface area contributed by atoms with Gasteiger partial charge >= 0.3 is 0 Å². The van der Waals surface area contributed by atoms with Gasteiger partial charge in [-0.25, -0.2) is 9.37 Å². The number of carbonyl (C=O) groups excluding carboxylic acids is 1. The predicted octanol–water partition coefficient (Wildman–Crippen LogP) is 5.59. The molecule has 0 aliphatic carbocycles. The minimum atomic E-state index is -0.330. The number of halogens is 2. The van der Waals surface area contributed by atoms with Gasteiger partial charge < -0.3 is 11.1 Å². The zero-order chi connectivity index (χ0) is 19.0. The maximum atomic E-state index is 13.5. The topological polar surface area (TPSA) is 68.0 Å². The Morgan fingerprint density at radius 2 is 1.89 bits per heavy atom. The van der Waals surface area contributed by atoms with Crippen LogP contribution in [-0.4, -0.2) is 10.9 Å². The molecule has 2 aromatic carbocycles. The zero-order valence-corrected chi connectivity index (χ0v) is 15.4. The van der Waals surface area contributed by atoms with Crippen LogP contribution in [0.1, 0.15) is 9.67 Å². The summed E-state index contributed by atoms with van der Waals surface area (Å²) in [6.07, 6.45) is 0. The summed E-state index contributed by atoms with van der Waals surface area (Å²) in [5, 5.41) is 4.08. The molecule has 1 amide bonds. The molecular weight excluding hydrogens is 385 g/mol. The van der Waals surface area contributed by atoms with E-state index in [-0.39, 0.29) is 11.7 Å². The van der Waals surface area contributed by atoms with Crippen molar-refractivity contribution in [2.24, 2.45) is 0 Å². The van der Waals surface area contributed by atoms with E-state index in [1.54, 1.807) is 48.5 Å². The molecule has 0 fully saturated rings. The molecule has 2 aromatic heterocycles. The molecule has 0 saturated heterocycles. The highest BCUT2D eigenvalue weighted by atomic mass is 35.5. The van der Waals surface area contributed by atoms with Crippen LogP contribution in [0.5, 0.6) is 0 Å². The van der Waals surface area contributed by atoms with Gasteiger partial charge in [-0.15, -0.1) is 11.3 Å². The van der Waals surface area contributed by atoms with Gasteiger partial charge in [0.05, 0.1) is 11.4 Å². The number of hydrogen-bond donors (Lipinski definition) is 2. The van der Waals surface area contributed by atoms with Crippen LogP contribution in [0.4, 0.5) is 15.8 Å². The Morgan fingerprint density at radius 3 is 2.63 bits per heavy atom. The molecule has 27 heavy (non-hydrogen) atoms. The van der Waals surface area contributed by atoms with E-state index in [2.05, 4.69) is 10.3 Å². The molecule has 0 radical (unpaired) electrons. The van der Waals surface area contributed by atoms with Crippen molar-refractivity contribution >= 4 is 50.4 Å². The first kappa shape index (κ1) is 17.5. The summed E-state index contributed by atoms with van der Waals surface area (Å²) in [4.78, 5) is 18.1. The lowest BCUT2D eigenvalue weighted by atomic mass is 10.1. The van der Waals surface area contributed by atoms with Crippen molar-refractivity contribution in [3.63, 3.8) is 0 Å². The van der Waals surface area contributed by atoms with Crippen molar-refractivity contribution in [3.8, 4) is 11.3 Å². The lowest BCUT2D eigenvalue weighted by Crippen LogP contribution is -2.11. The fourth-order valence-electron chi connectivity index (χ4n) is 2.70. The third kappa shape index (κ3) is 3.49. The molecule has 0 atom stereocenters. The van der Waals surface area contributed by atoms with E-state index in [1.165, 1.54) is 23.5 Å². The van der Waals surface area contributed by atoms with Gasteiger partial charge in [-0.1, -0.05) is 23.7 Å². The number of thiophene rings is 1. The number of nitrogen functional groups attached to an aromatic ring is 1. The molecule has 4 aromatic rings. The summed E-state index contributed by atoms with van der Waals surface area (Å²) in [5.41, 5.74) is 8.44. The van der Waals surface area contributed by atoms with E-state index < -0.39 is 0 Å². The lowest BCUT2D eigenvalue weighted by molar-refractivity contribution is 0.103. The number of nitrogens with zero attached hydrogens (tertiary/aromatic N) is 1. The third-order valence-electron chi connectivity index (χ3n) is 4.02. The average molecular weight is 398 g/mol. The number of hydrogen-bond acceptors (Lipinski definition) is 4. The van der Waals surface area contributed by atoms with Crippen molar-refractivity contribution in [2.45, 2.75) is 0 Å². The summed E-state index contributed by atoms with van der Waals surface area (Å²) in [6.45, 7) is 0. The number of rotatable bonds is 3. The van der Waals surface area contributed by atoms with Gasteiger partial charge in [0.25, 0.3) is 5.91 Å². The second-order valence-electron chi connectivity index (χ2n) is 5.87. The number of fused-ring (bicyclic) bond motifs is 1. The maximum Gasteiger partial charge on any atom is 0.267 e. The molecule has 7 heteroatoms. The van der Waals surface area contributed by atoms with Crippen molar-refractivity contribution in [1.29, 1.82) is 0 Å². The molecule has 3 N–H and O–H groups in total. The van der Waals surface area contributed by atoms with E-state index in [1.807, 2.05) is 0 Å². The molecule has 2 heterocycles. The average Bonchev–Trinajstić information content (AvgIpc) is 3.00. The number of carbonyl (C=O) groups is 1. The van der Waals surface area contributed by atoms with Gasteiger partial charge in [0.2, 0.25) is 0 Å². The molecule has 134 valence electrons. The first-order valence-electron chi connectivity index (χ1n) is 8.03. The summed E-state index contributed by atoms with van der Waals surface area (Å²) in [5.74, 6) is -0.645. The van der Waals surface area contributed by atoms with Gasteiger partial charge in [0.15, 0.2) is 0 Å². The second-order valence-corrected chi connectivity index (χ2v) is 7.30. The van der Waals surface area contributed by atoms with Gasteiger partial charge in [-0.3, -0.25) is 4.79 Å². The van der Waals surface area contributed by atoms with Crippen LogP contribution in [0.15, 0.2) is 60.7 Å². The predicted molar refractivity (Wildman–Crippen MR) is 109 cm³/mol. The van der Waals surface area contributed by atoms with Gasteiger partial charge in [0.1, 0.15) is 15.5 Å². The molecular formula is C20H13ClFN3OS. The van der Waals surface area contributed by atoms with Crippen LogP contribution >= 0.6 is 22.9 Å². The number of benzene rings is 2. The minimum absolute atomic E-state index is 0.315. The van der Waals surface area contributed by atoms with Crippen molar-refractivity contribution in [3.05, 3.63) is 76.4 Å². The molecule has 0 spiro atoms. The van der Waals surface area contributed by atoms with E-state index in [0.29, 0.717) is 42.7 Å². The van der Waals surface area contributed by atoms with Crippen LogP contribution in [-0.2, 0) is 0 Å². The maximum absolute atomic E-state index is 13.5. The monoisotopic (exact) mass is 397 g/mol. The third-order valence-corrected chi connectivity index (χ3v) is 5.39. The van der Waals surface area contributed by atoms with E-state index in [0.717, 1.165) is 0 Å². The molecule has 4 nitrogen and oxygen atoms in total. The Hall–Kier alpha value is -2.96. The SMILES string of the molecule is Nc1c(C(=O)Nc2ccc(Cl)cc2)sc2nc(-c3cccc(F)c3)ccc12. The van der Waals surface area contributed by atoms with Crippen LogP contribution in [0, 0.1) is 5.82 Å². The summed E-state index contributed by atoms with van der Waals surface area (Å²) in [6, 6.07) is 16.6. The normalized spacial score (nSPS) is 10.9. The fourth-order valence-corrected chi connectivity index (χ4v) is 3.81. The number of nitrogens with one attached hydrogen (secondary N) is 1. The largest absolute Gasteiger partial charge is 0.397 e. The quantitative estimate of drug-likeness (QED) is 0.473. The Bertz CT molecular complexity index is 1160. The van der Waals surface area contributed by atoms with E-state index in [9.17, 15) is 9.18 Å². The van der Waals surface area contributed by atoms with Crippen LogP contribution in [0.2, 0.25) is 5.02 Å². The highest BCUT2D eigenvalue weighted by molar-refractivity contribution is 7.21. The molecule has 4 rings (SSSR count). The molecule has 0 unspecified atom stereocenters. The number of nitrogens with two attached hydrogens (primary N) is 1. The molecule has 0 aliphatic heterocycles. The van der Waals surface area contributed by atoms with Gasteiger partial charge in [0, 0.05) is 21.7 Å². The first-order chi connectivity index (χ1) is 13.0. The highest BCUT2D eigenvalue weighted by Gasteiger charge is 2.18. The second kappa shape index (κ2) is 6.98. The lowest BCUT2D eigenvalue weighted by Gasteiger charge is -2.04. The summed E-state index contributed by atoms with van der Waals surface area (Å²) >= 11 is 7.06. The molecule has 0 saturated carbocycles. The van der Waals surface area contributed by atoms with E-state index >= 15 is 0 Å². The van der Waals surface area contributed by atoms with E-state index in [4.69, 9.17) is 17.3 Å². The Labute approximate surface area is 163 Å². The summed E-state index contributed by atoms with van der Waals surface area (Å²) in [7, 11) is 0. The van der Waals surface area contributed by atoms with Gasteiger partial charge in [-0.05, 0) is 48.5 Å². The van der Waals surface area contributed by atoms with Crippen LogP contribution in [0.3, 0.4) is 0 Å². The van der Waals surface area contributed by atoms with Crippen LogP contribution in [0.25, 0.3) is 21.5 Å². The summed E-state index contributed by atoms with van der Waals surface area (Å²) < 4.78 is 13.5. The van der Waals surface area contributed by atoms with Crippen molar-refractivity contribution in [1.82, 2.24) is 4.98 Å². The Morgan fingerprint density at radius 1 is 1.11 bits per heavy atom. The van der Waals surface area contributed by atoms with Crippen molar-refractivity contribution < 1.29 is 9.18 Å².